The third kappa shape index (κ3) is 15.7. The predicted octanol–water partition coefficient (Wildman–Crippen LogP) is 9.40. The van der Waals surface area contributed by atoms with Crippen molar-refractivity contribution < 1.29 is 33.3 Å². The van der Waals surface area contributed by atoms with Crippen LogP contribution in [0.5, 0.6) is 0 Å². The van der Waals surface area contributed by atoms with E-state index in [1.54, 1.807) is 53.1 Å². The van der Waals surface area contributed by atoms with Crippen molar-refractivity contribution in [2.75, 3.05) is 37.9 Å². The molecule has 7 nitrogen and oxygen atoms in total. The molecule has 0 N–H and O–H groups in total. The summed E-state index contributed by atoms with van der Waals surface area (Å²) in [5.41, 5.74) is 1.91. The maximum atomic E-state index is 12.4. The first kappa shape index (κ1) is 39.7. The number of benzene rings is 4. The normalized spacial score (nSPS) is 10.8. The minimum atomic E-state index is -0.463. The molecule has 0 spiro atoms. The number of carbonyl (C=O) groups is 3. The Morgan fingerprint density at radius 1 is 0.549 bits per heavy atom. The summed E-state index contributed by atoms with van der Waals surface area (Å²) >= 11 is 6.57. The van der Waals surface area contributed by atoms with Crippen LogP contribution in [0.1, 0.15) is 11.1 Å². The molecule has 11 heteroatoms. The van der Waals surface area contributed by atoms with E-state index in [0.717, 1.165) is 46.6 Å². The highest BCUT2D eigenvalue weighted by Crippen LogP contribution is 2.32. The third-order valence-corrected chi connectivity index (χ3v) is 10.5. The summed E-state index contributed by atoms with van der Waals surface area (Å²) in [6.45, 7) is 8.31. The largest absolute Gasteiger partial charge is 0.462 e. The maximum absolute atomic E-state index is 12.4. The van der Waals surface area contributed by atoms with Crippen molar-refractivity contribution in [3.63, 3.8) is 0 Å². The second kappa shape index (κ2) is 22.6. The van der Waals surface area contributed by atoms with E-state index in [1.807, 2.05) is 42.5 Å². The van der Waals surface area contributed by atoms with Crippen molar-refractivity contribution in [2.45, 2.75) is 36.0 Å². The standard InChI is InChI=1S/C40H38O7S4/c1-3-38(41)45-22-21-44-29-31-8-6-10-37(28-31)51-36-9-5-7-30(27-36)11-20-40(43)47-24-26-49-33-14-18-35(19-15-33)50-34-16-12-32(13-17-34)48-25-23-46-39(42)4-2/h3-20,27-28H,1-2,21-26,29H2/b20-11-. The summed E-state index contributed by atoms with van der Waals surface area (Å²) in [6, 6.07) is 32.6. The minimum Gasteiger partial charge on any atom is -0.462 e. The van der Waals surface area contributed by atoms with Gasteiger partial charge in [0.15, 0.2) is 0 Å². The van der Waals surface area contributed by atoms with Crippen molar-refractivity contribution in [3.05, 3.63) is 140 Å². The Morgan fingerprint density at radius 2 is 1.06 bits per heavy atom. The van der Waals surface area contributed by atoms with Gasteiger partial charge < -0.3 is 18.9 Å². The molecule has 264 valence electrons. The van der Waals surface area contributed by atoms with Gasteiger partial charge in [0.25, 0.3) is 0 Å². The second-order valence-corrected chi connectivity index (χ2v) is 15.0. The summed E-state index contributed by atoms with van der Waals surface area (Å²) in [6.07, 6.45) is 5.51. The van der Waals surface area contributed by atoms with Gasteiger partial charge in [0, 0.05) is 59.1 Å². The molecule has 4 rings (SSSR count). The lowest BCUT2D eigenvalue weighted by Crippen LogP contribution is -2.08. The fourth-order valence-corrected chi connectivity index (χ4v) is 7.43. The van der Waals surface area contributed by atoms with E-state index in [0.29, 0.717) is 37.9 Å². The van der Waals surface area contributed by atoms with Crippen LogP contribution in [0.4, 0.5) is 0 Å². The molecule has 0 aliphatic rings. The first-order chi connectivity index (χ1) is 24.9. The van der Waals surface area contributed by atoms with Gasteiger partial charge in [-0.1, -0.05) is 60.9 Å². The van der Waals surface area contributed by atoms with Crippen LogP contribution in [0.25, 0.3) is 6.08 Å². The topological polar surface area (TPSA) is 88.1 Å². The molecule has 0 fully saturated rings. The Bertz CT molecular complexity index is 1770. The zero-order valence-electron chi connectivity index (χ0n) is 27.9. The number of carbonyl (C=O) groups excluding carboxylic acids is 3. The molecule has 0 heterocycles. The Hall–Kier alpha value is -4.13. The van der Waals surface area contributed by atoms with Gasteiger partial charge in [-0.3, -0.25) is 0 Å². The van der Waals surface area contributed by atoms with Crippen molar-refractivity contribution in [1.82, 2.24) is 0 Å². The third-order valence-electron chi connectivity index (χ3n) is 6.55. The Morgan fingerprint density at radius 3 is 1.67 bits per heavy atom. The number of thioether (sulfide) groups is 2. The molecule has 0 aliphatic carbocycles. The number of esters is 3. The summed E-state index contributed by atoms with van der Waals surface area (Å²) in [7, 11) is 0. The van der Waals surface area contributed by atoms with E-state index in [2.05, 4.69) is 67.8 Å². The fraction of sp³-hybridized carbons (Fsp3) is 0.175. The molecule has 4 aromatic rings. The lowest BCUT2D eigenvalue weighted by molar-refractivity contribution is -0.139. The summed E-state index contributed by atoms with van der Waals surface area (Å²) in [5, 5.41) is 0. The molecule has 0 bridgehead atoms. The average molecular weight is 759 g/mol. The highest BCUT2D eigenvalue weighted by molar-refractivity contribution is 8.00. The molecule has 0 unspecified atom stereocenters. The van der Waals surface area contributed by atoms with Crippen LogP contribution in [0.2, 0.25) is 0 Å². The van der Waals surface area contributed by atoms with Gasteiger partial charge in [-0.05, 0) is 90.0 Å². The molecule has 0 amide bonds. The van der Waals surface area contributed by atoms with Crippen LogP contribution in [-0.2, 0) is 39.9 Å². The van der Waals surface area contributed by atoms with Crippen molar-refractivity contribution in [1.29, 1.82) is 0 Å². The highest BCUT2D eigenvalue weighted by Gasteiger charge is 2.05. The van der Waals surface area contributed by atoms with E-state index in [9.17, 15) is 14.4 Å². The van der Waals surface area contributed by atoms with Crippen molar-refractivity contribution >= 4 is 71.0 Å². The number of ether oxygens (including phenoxy) is 4. The molecule has 51 heavy (non-hydrogen) atoms. The van der Waals surface area contributed by atoms with Gasteiger partial charge in [-0.15, -0.1) is 23.5 Å². The Kier molecular flexibility index (Phi) is 17.6. The van der Waals surface area contributed by atoms with Crippen LogP contribution in [0.15, 0.2) is 158 Å². The van der Waals surface area contributed by atoms with Crippen LogP contribution < -0.4 is 0 Å². The highest BCUT2D eigenvalue weighted by atomic mass is 32.2. The monoisotopic (exact) mass is 758 g/mol. The number of hydrogen-bond donors (Lipinski definition) is 0. The molecule has 0 atom stereocenters. The summed E-state index contributed by atoms with van der Waals surface area (Å²) in [4.78, 5) is 41.2. The average Bonchev–Trinajstić information content (AvgIpc) is 3.15. The predicted molar refractivity (Wildman–Crippen MR) is 207 cm³/mol. The number of rotatable bonds is 21. The van der Waals surface area contributed by atoms with Gasteiger partial charge in [0.05, 0.1) is 13.2 Å². The van der Waals surface area contributed by atoms with Crippen LogP contribution >= 0.6 is 47.0 Å². The first-order valence-corrected chi connectivity index (χ1v) is 19.5. The number of hydrogen-bond acceptors (Lipinski definition) is 11. The van der Waals surface area contributed by atoms with Crippen molar-refractivity contribution in [3.8, 4) is 0 Å². The van der Waals surface area contributed by atoms with Gasteiger partial charge in [-0.2, -0.15) is 0 Å². The first-order valence-electron chi connectivity index (χ1n) is 15.9. The lowest BCUT2D eigenvalue weighted by Gasteiger charge is -2.07. The molecule has 0 saturated carbocycles. The van der Waals surface area contributed by atoms with Crippen LogP contribution in [0.3, 0.4) is 0 Å². The van der Waals surface area contributed by atoms with E-state index < -0.39 is 11.9 Å². The molecule has 0 radical (unpaired) electrons. The van der Waals surface area contributed by atoms with Gasteiger partial charge in [0.1, 0.15) is 19.8 Å². The zero-order chi connectivity index (χ0) is 36.1. The fourth-order valence-electron chi connectivity index (χ4n) is 4.19. The van der Waals surface area contributed by atoms with Crippen molar-refractivity contribution in [2.24, 2.45) is 0 Å². The van der Waals surface area contributed by atoms with E-state index in [1.165, 1.54) is 12.2 Å². The quantitative estimate of drug-likeness (QED) is 0.0268. The molecular weight excluding hydrogens is 721 g/mol. The second-order valence-electron chi connectivity index (χ2n) is 10.4. The molecule has 0 saturated heterocycles. The molecule has 4 aromatic carbocycles. The van der Waals surface area contributed by atoms with E-state index in [4.69, 9.17) is 18.9 Å². The maximum Gasteiger partial charge on any atom is 0.330 e. The van der Waals surface area contributed by atoms with Gasteiger partial charge in [-0.25, -0.2) is 14.4 Å². The molecule has 0 aromatic heterocycles. The zero-order valence-corrected chi connectivity index (χ0v) is 31.2. The Balaban J connectivity index is 1.13. The van der Waals surface area contributed by atoms with Crippen LogP contribution in [-0.4, -0.2) is 55.8 Å². The lowest BCUT2D eigenvalue weighted by atomic mass is 10.2. The molecular formula is C40H38O7S4. The minimum absolute atomic E-state index is 0.181. The van der Waals surface area contributed by atoms with Gasteiger partial charge in [0.2, 0.25) is 0 Å². The Labute approximate surface area is 316 Å². The van der Waals surface area contributed by atoms with Gasteiger partial charge >= 0.3 is 17.9 Å². The summed E-state index contributed by atoms with van der Waals surface area (Å²) < 4.78 is 21.0. The van der Waals surface area contributed by atoms with E-state index >= 15 is 0 Å². The van der Waals surface area contributed by atoms with E-state index in [-0.39, 0.29) is 12.6 Å². The smallest absolute Gasteiger partial charge is 0.330 e. The summed E-state index contributed by atoms with van der Waals surface area (Å²) in [5.74, 6) is 0.0901. The molecule has 0 aliphatic heterocycles. The van der Waals surface area contributed by atoms with Crippen LogP contribution in [0, 0.1) is 0 Å². The SMILES string of the molecule is C=CC(=O)OCCOCc1cccc(Sc2cccc(/C=C\C(=O)OCCSc3ccc(Sc4ccc(SCCOC(=O)C=C)cc4)cc3)c2)c1.